The van der Waals surface area contributed by atoms with Gasteiger partial charge in [0.1, 0.15) is 0 Å². The first-order valence-electron chi connectivity index (χ1n) is 3.22. The molecule has 0 aromatic carbocycles. The first-order chi connectivity index (χ1) is 3.62. The van der Waals surface area contributed by atoms with Crippen molar-refractivity contribution in [3.63, 3.8) is 0 Å². The van der Waals surface area contributed by atoms with Gasteiger partial charge in [-0.2, -0.15) is 0 Å². The average molecular weight is 227 g/mol. The molecule has 0 N–H and O–H groups in total. The van der Waals surface area contributed by atoms with Gasteiger partial charge in [0.15, 0.2) is 0 Å². The molecule has 0 aliphatic rings. The maximum atomic E-state index is 2.38. The molecule has 0 saturated heterocycles. The SMILES string of the molecule is CC[I-]C(C)(C)CC. The molecular weight excluding hydrogens is 211 g/mol. The molecule has 0 unspecified atom stereocenters. The first kappa shape index (κ1) is 8.73. The Morgan fingerprint density at radius 3 is 1.88 bits per heavy atom. The van der Waals surface area contributed by atoms with Gasteiger partial charge in [-0.1, -0.05) is 0 Å². The van der Waals surface area contributed by atoms with Crippen LogP contribution in [-0.2, 0) is 0 Å². The molecule has 8 heavy (non-hydrogen) atoms. The van der Waals surface area contributed by atoms with Crippen molar-refractivity contribution in [3.05, 3.63) is 0 Å². The van der Waals surface area contributed by atoms with Gasteiger partial charge in [0.2, 0.25) is 0 Å². The summed E-state index contributed by atoms with van der Waals surface area (Å²) in [6.07, 6.45) is 1.36. The fourth-order valence-electron chi connectivity index (χ4n) is 0.456. The molecular formula is C7H16I-. The summed E-state index contributed by atoms with van der Waals surface area (Å²) in [5.41, 5.74) is 0. The number of rotatable bonds is 3. The van der Waals surface area contributed by atoms with Crippen LogP contribution in [0.5, 0.6) is 0 Å². The van der Waals surface area contributed by atoms with E-state index in [4.69, 9.17) is 0 Å². The Morgan fingerprint density at radius 1 is 1.25 bits per heavy atom. The van der Waals surface area contributed by atoms with E-state index in [-0.39, 0.29) is 0 Å². The van der Waals surface area contributed by atoms with Crippen LogP contribution in [0.3, 0.4) is 0 Å². The number of hydrogen-bond donors (Lipinski definition) is 0. The minimum atomic E-state index is 0.482. The summed E-state index contributed by atoms with van der Waals surface area (Å²) in [6, 6.07) is 0. The van der Waals surface area contributed by atoms with E-state index in [1.165, 1.54) is 10.8 Å². The van der Waals surface area contributed by atoms with Crippen molar-refractivity contribution in [2.75, 3.05) is 4.43 Å². The molecule has 0 aromatic heterocycles. The molecule has 0 saturated carbocycles. The normalized spacial score (nSPS) is 12.5. The zero-order valence-electron chi connectivity index (χ0n) is 6.29. The van der Waals surface area contributed by atoms with Crippen molar-refractivity contribution in [1.29, 1.82) is 0 Å². The molecule has 1 heteroatoms. The summed E-state index contributed by atoms with van der Waals surface area (Å²) >= 11 is 0.482. The summed E-state index contributed by atoms with van der Waals surface area (Å²) in [7, 11) is 0. The Bertz CT molecular complexity index is 57.4. The number of hydrogen-bond acceptors (Lipinski definition) is 0. The van der Waals surface area contributed by atoms with Crippen LogP contribution >= 0.6 is 0 Å². The van der Waals surface area contributed by atoms with Crippen LogP contribution < -0.4 is 21.2 Å². The summed E-state index contributed by atoms with van der Waals surface area (Å²) < 4.78 is 2.13. The van der Waals surface area contributed by atoms with Gasteiger partial charge in [0.05, 0.1) is 0 Å². The van der Waals surface area contributed by atoms with Crippen LogP contribution in [0.4, 0.5) is 0 Å². The van der Waals surface area contributed by atoms with Gasteiger partial charge in [0, 0.05) is 0 Å². The van der Waals surface area contributed by atoms with Gasteiger partial charge in [-0.15, -0.1) is 0 Å². The molecule has 0 amide bonds. The van der Waals surface area contributed by atoms with Crippen molar-refractivity contribution < 1.29 is 21.2 Å². The van der Waals surface area contributed by atoms with E-state index in [1.54, 1.807) is 0 Å². The van der Waals surface area contributed by atoms with Gasteiger partial charge in [-0.05, 0) is 0 Å². The second kappa shape index (κ2) is 3.70. The summed E-state index contributed by atoms with van der Waals surface area (Å²) in [6.45, 7) is 9.34. The quantitative estimate of drug-likeness (QED) is 0.441. The second-order valence-electron chi connectivity index (χ2n) is 2.47. The van der Waals surface area contributed by atoms with Crippen LogP contribution in [0.25, 0.3) is 0 Å². The third-order valence-electron chi connectivity index (χ3n) is 1.34. The molecule has 0 spiro atoms. The van der Waals surface area contributed by atoms with Crippen molar-refractivity contribution in [2.45, 2.75) is 37.5 Å². The molecule has 0 nitrogen and oxygen atoms in total. The molecule has 0 heterocycles. The topological polar surface area (TPSA) is 0 Å². The standard InChI is InChI=1S/C7H16I/c1-5-7(3,4)8-6-2/h5-6H2,1-4H3/q-1. The zero-order valence-corrected chi connectivity index (χ0v) is 8.45. The van der Waals surface area contributed by atoms with Crippen molar-refractivity contribution in [2.24, 2.45) is 0 Å². The molecule has 0 aromatic rings. The van der Waals surface area contributed by atoms with E-state index in [0.717, 1.165) is 0 Å². The molecule has 52 valence electrons. The Labute approximate surface area is 63.3 Å². The van der Waals surface area contributed by atoms with E-state index in [2.05, 4.69) is 27.7 Å². The van der Waals surface area contributed by atoms with Crippen LogP contribution in [0.2, 0.25) is 0 Å². The van der Waals surface area contributed by atoms with Crippen molar-refractivity contribution in [1.82, 2.24) is 0 Å². The maximum absolute atomic E-state index is 2.38. The monoisotopic (exact) mass is 227 g/mol. The Hall–Kier alpha value is 0.730. The number of halogens is 1. The van der Waals surface area contributed by atoms with Crippen LogP contribution in [-0.4, -0.2) is 7.85 Å². The Morgan fingerprint density at radius 2 is 1.75 bits per heavy atom. The molecule has 0 fully saturated rings. The van der Waals surface area contributed by atoms with Gasteiger partial charge < -0.3 is 0 Å². The van der Waals surface area contributed by atoms with Crippen molar-refractivity contribution in [3.8, 4) is 0 Å². The molecule has 0 rings (SSSR count). The van der Waals surface area contributed by atoms with Crippen LogP contribution in [0.15, 0.2) is 0 Å². The molecule has 0 aliphatic carbocycles. The summed E-state index contributed by atoms with van der Waals surface area (Å²) in [4.78, 5) is 0. The van der Waals surface area contributed by atoms with E-state index in [1.807, 2.05) is 0 Å². The van der Waals surface area contributed by atoms with E-state index >= 15 is 0 Å². The third-order valence-corrected chi connectivity index (χ3v) is 4.93. The van der Waals surface area contributed by atoms with Gasteiger partial charge in [0.25, 0.3) is 0 Å². The van der Waals surface area contributed by atoms with Gasteiger partial charge >= 0.3 is 63.2 Å². The fourth-order valence-corrected chi connectivity index (χ4v) is 3.06. The summed E-state index contributed by atoms with van der Waals surface area (Å²) in [5, 5.41) is 0. The van der Waals surface area contributed by atoms with Crippen LogP contribution in [0.1, 0.15) is 34.1 Å². The minimum absolute atomic E-state index is 0.482. The van der Waals surface area contributed by atoms with Crippen molar-refractivity contribution >= 4 is 0 Å². The Kier molecular flexibility index (Phi) is 4.04. The average Bonchev–Trinajstić information content (AvgIpc) is 1.67. The van der Waals surface area contributed by atoms with Gasteiger partial charge in [-0.3, -0.25) is 0 Å². The zero-order chi connectivity index (χ0) is 6.62. The first-order valence-corrected chi connectivity index (χ1v) is 5.83. The third kappa shape index (κ3) is 3.70. The Balaban J connectivity index is 3.37. The van der Waals surface area contributed by atoms with E-state index in [0.29, 0.717) is 24.6 Å². The molecule has 0 radical (unpaired) electrons. The van der Waals surface area contributed by atoms with Crippen LogP contribution in [0, 0.1) is 0 Å². The predicted molar refractivity (Wildman–Crippen MR) is 34.9 cm³/mol. The molecule has 0 atom stereocenters. The molecule has 0 bridgehead atoms. The summed E-state index contributed by atoms with van der Waals surface area (Å²) in [5.74, 6) is 0. The number of alkyl halides is 2. The predicted octanol–water partition coefficient (Wildman–Crippen LogP) is -0.716. The van der Waals surface area contributed by atoms with E-state index in [9.17, 15) is 0 Å². The van der Waals surface area contributed by atoms with Gasteiger partial charge in [-0.25, -0.2) is 0 Å². The molecule has 0 aliphatic heterocycles. The second-order valence-corrected chi connectivity index (χ2v) is 7.68. The van der Waals surface area contributed by atoms with E-state index < -0.39 is 0 Å². The fraction of sp³-hybridized carbons (Fsp3) is 1.00.